The molecule has 0 amide bonds. The van der Waals surface area contributed by atoms with Gasteiger partial charge in [-0.05, 0) is 23.3 Å². The summed E-state index contributed by atoms with van der Waals surface area (Å²) in [6.07, 6.45) is 0. The number of hydrogen-bond acceptors (Lipinski definition) is 5. The van der Waals surface area contributed by atoms with Crippen molar-refractivity contribution in [1.29, 1.82) is 0 Å². The molecule has 0 saturated carbocycles. The maximum atomic E-state index is 5.69. The minimum Gasteiger partial charge on any atom is -0.369 e. The maximum Gasteiger partial charge on any atom is 0.223 e. The molecule has 2 aromatic rings. The lowest BCUT2D eigenvalue weighted by atomic mass is 9.98. The zero-order valence-electron chi connectivity index (χ0n) is 10.4. The van der Waals surface area contributed by atoms with E-state index in [2.05, 4.69) is 36.1 Å². The number of hydrogen-bond donors (Lipinski definition) is 2. The Morgan fingerprint density at radius 2 is 2.12 bits per heavy atom. The number of aromatic nitrogens is 2. The highest BCUT2D eigenvalue weighted by Gasteiger charge is 2.10. The molecule has 5 heteroatoms. The van der Waals surface area contributed by atoms with E-state index >= 15 is 0 Å². The van der Waals surface area contributed by atoms with E-state index in [-0.39, 0.29) is 0 Å². The van der Waals surface area contributed by atoms with Crippen LogP contribution in [-0.4, -0.2) is 16.5 Å². The molecule has 1 unspecified atom stereocenters. The van der Waals surface area contributed by atoms with Crippen molar-refractivity contribution in [2.75, 3.05) is 17.6 Å². The van der Waals surface area contributed by atoms with Gasteiger partial charge in [-0.15, -0.1) is 11.3 Å². The fourth-order valence-corrected chi connectivity index (χ4v) is 2.27. The van der Waals surface area contributed by atoms with Crippen LogP contribution in [0.4, 0.5) is 11.8 Å². The summed E-state index contributed by atoms with van der Waals surface area (Å²) in [5, 5.41) is 6.44. The maximum absolute atomic E-state index is 5.69. The predicted octanol–water partition coefficient (Wildman–Crippen LogP) is 2.98. The summed E-state index contributed by atoms with van der Waals surface area (Å²) >= 11 is 1.59. The Labute approximate surface area is 105 Å². The summed E-state index contributed by atoms with van der Waals surface area (Å²) in [4.78, 5) is 9.41. The summed E-state index contributed by atoms with van der Waals surface area (Å²) in [5.41, 5.74) is 5.69. The Hall–Kier alpha value is -1.36. The summed E-state index contributed by atoms with van der Waals surface area (Å²) in [6.45, 7) is 7.58. The zero-order chi connectivity index (χ0) is 12.4. The van der Waals surface area contributed by atoms with Gasteiger partial charge in [0.05, 0.1) is 5.39 Å². The van der Waals surface area contributed by atoms with Gasteiger partial charge in [0.15, 0.2) is 0 Å². The molecule has 0 spiro atoms. The molecule has 0 aromatic carbocycles. The topological polar surface area (TPSA) is 63.8 Å². The Bertz CT molecular complexity index is 506. The second-order valence-corrected chi connectivity index (χ2v) is 5.57. The minimum absolute atomic E-state index is 0.333. The molecule has 0 aliphatic rings. The van der Waals surface area contributed by atoms with E-state index in [0.29, 0.717) is 17.8 Å². The normalized spacial score (nSPS) is 13.2. The van der Waals surface area contributed by atoms with Crippen LogP contribution in [0, 0.1) is 11.8 Å². The first-order valence-corrected chi connectivity index (χ1v) is 6.70. The largest absolute Gasteiger partial charge is 0.369 e. The van der Waals surface area contributed by atoms with Crippen molar-refractivity contribution in [2.45, 2.75) is 20.8 Å². The van der Waals surface area contributed by atoms with Crippen LogP contribution in [-0.2, 0) is 0 Å². The SMILES string of the molecule is CC(C)C(C)CNc1nc(N)nc2sccc12. The number of nitrogens with zero attached hydrogens (tertiary/aromatic N) is 2. The number of nitrogen functional groups attached to an aromatic ring is 1. The number of nitrogens with two attached hydrogens (primary N) is 1. The van der Waals surface area contributed by atoms with Crippen LogP contribution < -0.4 is 11.1 Å². The molecule has 4 nitrogen and oxygen atoms in total. The summed E-state index contributed by atoms with van der Waals surface area (Å²) in [6, 6.07) is 2.03. The third-order valence-electron chi connectivity index (χ3n) is 3.07. The van der Waals surface area contributed by atoms with E-state index in [4.69, 9.17) is 5.73 Å². The van der Waals surface area contributed by atoms with Crippen molar-refractivity contribution in [3.8, 4) is 0 Å². The lowest BCUT2D eigenvalue weighted by Gasteiger charge is -2.16. The van der Waals surface area contributed by atoms with Crippen molar-refractivity contribution in [3.05, 3.63) is 11.4 Å². The van der Waals surface area contributed by atoms with Crippen molar-refractivity contribution in [3.63, 3.8) is 0 Å². The average molecular weight is 250 g/mol. The van der Waals surface area contributed by atoms with Crippen LogP contribution in [0.1, 0.15) is 20.8 Å². The number of anilines is 2. The molecule has 2 aromatic heterocycles. The molecule has 0 fully saturated rings. The van der Waals surface area contributed by atoms with Crippen LogP contribution in [0.2, 0.25) is 0 Å². The van der Waals surface area contributed by atoms with E-state index in [1.54, 1.807) is 11.3 Å². The number of thiophene rings is 1. The highest BCUT2D eigenvalue weighted by atomic mass is 32.1. The molecule has 1 atom stereocenters. The number of nitrogens with one attached hydrogen (secondary N) is 1. The average Bonchev–Trinajstić information content (AvgIpc) is 2.72. The van der Waals surface area contributed by atoms with Crippen molar-refractivity contribution in [1.82, 2.24) is 9.97 Å². The Morgan fingerprint density at radius 3 is 2.82 bits per heavy atom. The van der Waals surface area contributed by atoms with E-state index in [1.807, 2.05) is 11.4 Å². The highest BCUT2D eigenvalue weighted by Crippen LogP contribution is 2.26. The standard InChI is InChI=1S/C12H18N4S/c1-7(2)8(3)6-14-10-9-4-5-17-11(9)16-12(13)15-10/h4-5,7-8H,6H2,1-3H3,(H3,13,14,15,16). The van der Waals surface area contributed by atoms with E-state index in [9.17, 15) is 0 Å². The first-order chi connectivity index (χ1) is 8.08. The quantitative estimate of drug-likeness (QED) is 0.875. The first-order valence-electron chi connectivity index (χ1n) is 5.82. The molecule has 3 N–H and O–H groups in total. The monoisotopic (exact) mass is 250 g/mol. The van der Waals surface area contributed by atoms with Gasteiger partial charge in [-0.1, -0.05) is 20.8 Å². The molecular weight excluding hydrogens is 232 g/mol. The molecule has 0 aliphatic heterocycles. The number of fused-ring (bicyclic) bond motifs is 1. The molecular formula is C12H18N4S. The Morgan fingerprint density at radius 1 is 1.35 bits per heavy atom. The van der Waals surface area contributed by atoms with Gasteiger partial charge in [0.2, 0.25) is 5.95 Å². The zero-order valence-corrected chi connectivity index (χ0v) is 11.2. The second kappa shape index (κ2) is 4.87. The number of rotatable bonds is 4. The van der Waals surface area contributed by atoms with Gasteiger partial charge >= 0.3 is 0 Å². The van der Waals surface area contributed by atoms with Crippen LogP contribution >= 0.6 is 11.3 Å². The van der Waals surface area contributed by atoms with Crippen LogP contribution in [0.3, 0.4) is 0 Å². The third-order valence-corrected chi connectivity index (χ3v) is 3.88. The van der Waals surface area contributed by atoms with Gasteiger partial charge in [0.1, 0.15) is 10.6 Å². The van der Waals surface area contributed by atoms with Crippen LogP contribution in [0.5, 0.6) is 0 Å². The molecule has 92 valence electrons. The van der Waals surface area contributed by atoms with E-state index in [0.717, 1.165) is 22.6 Å². The van der Waals surface area contributed by atoms with Crippen LogP contribution in [0.25, 0.3) is 10.2 Å². The fourth-order valence-electron chi connectivity index (χ4n) is 1.50. The van der Waals surface area contributed by atoms with Gasteiger partial charge in [-0.3, -0.25) is 0 Å². The minimum atomic E-state index is 0.333. The van der Waals surface area contributed by atoms with Gasteiger partial charge in [0, 0.05) is 6.54 Å². The van der Waals surface area contributed by atoms with E-state index < -0.39 is 0 Å². The lowest BCUT2D eigenvalue weighted by molar-refractivity contribution is 0.439. The summed E-state index contributed by atoms with van der Waals surface area (Å²) < 4.78 is 0. The fraction of sp³-hybridized carbons (Fsp3) is 0.500. The molecule has 2 heterocycles. The third kappa shape index (κ3) is 2.66. The molecule has 17 heavy (non-hydrogen) atoms. The van der Waals surface area contributed by atoms with Gasteiger partial charge < -0.3 is 11.1 Å². The molecule has 0 aliphatic carbocycles. The molecule has 0 saturated heterocycles. The smallest absolute Gasteiger partial charge is 0.223 e. The summed E-state index contributed by atoms with van der Waals surface area (Å²) in [5.74, 6) is 2.43. The predicted molar refractivity (Wildman–Crippen MR) is 74.3 cm³/mol. The summed E-state index contributed by atoms with van der Waals surface area (Å²) in [7, 11) is 0. The molecule has 0 radical (unpaired) electrons. The molecule has 0 bridgehead atoms. The molecule has 2 rings (SSSR count). The second-order valence-electron chi connectivity index (χ2n) is 4.67. The Balaban J connectivity index is 2.20. The van der Waals surface area contributed by atoms with Crippen molar-refractivity contribution >= 4 is 33.3 Å². The van der Waals surface area contributed by atoms with Crippen molar-refractivity contribution < 1.29 is 0 Å². The van der Waals surface area contributed by atoms with Crippen LogP contribution in [0.15, 0.2) is 11.4 Å². The van der Waals surface area contributed by atoms with Crippen molar-refractivity contribution in [2.24, 2.45) is 11.8 Å². The van der Waals surface area contributed by atoms with Gasteiger partial charge in [-0.25, -0.2) is 4.98 Å². The lowest BCUT2D eigenvalue weighted by Crippen LogP contribution is -2.17. The Kier molecular flexibility index (Phi) is 3.47. The van der Waals surface area contributed by atoms with Gasteiger partial charge in [0.25, 0.3) is 0 Å². The van der Waals surface area contributed by atoms with E-state index in [1.165, 1.54) is 0 Å². The van der Waals surface area contributed by atoms with Gasteiger partial charge in [-0.2, -0.15) is 4.98 Å². The highest BCUT2D eigenvalue weighted by molar-refractivity contribution is 7.16. The first kappa shape index (κ1) is 12.1.